The summed E-state index contributed by atoms with van der Waals surface area (Å²) in [7, 11) is 1.89. The van der Waals surface area contributed by atoms with E-state index >= 15 is 0 Å². The lowest BCUT2D eigenvalue weighted by Gasteiger charge is -2.05. The summed E-state index contributed by atoms with van der Waals surface area (Å²) in [5, 5.41) is 10.3. The van der Waals surface area contributed by atoms with Crippen molar-refractivity contribution >= 4 is 23.2 Å². The van der Waals surface area contributed by atoms with Gasteiger partial charge in [-0.05, 0) is 13.8 Å². The van der Waals surface area contributed by atoms with E-state index in [1.807, 2.05) is 57.3 Å². The van der Waals surface area contributed by atoms with E-state index < -0.39 is 0 Å². The lowest BCUT2D eigenvalue weighted by Crippen LogP contribution is -2.05. The summed E-state index contributed by atoms with van der Waals surface area (Å²) in [6.07, 6.45) is 2.01. The summed E-state index contributed by atoms with van der Waals surface area (Å²) in [5.74, 6) is 0.660. The number of aromatic nitrogens is 6. The molecule has 0 saturated carbocycles. The van der Waals surface area contributed by atoms with Gasteiger partial charge in [-0.15, -0.1) is 0 Å². The smallest absolute Gasteiger partial charge is 0.157 e. The van der Waals surface area contributed by atoms with Crippen LogP contribution < -0.4 is 0 Å². The minimum atomic E-state index is 0.488. The van der Waals surface area contributed by atoms with E-state index in [1.54, 1.807) is 9.36 Å². The summed E-state index contributed by atoms with van der Waals surface area (Å²) in [5.41, 5.74) is 5.07. The van der Waals surface area contributed by atoms with Gasteiger partial charge in [0.2, 0.25) is 0 Å². The monoisotopic (exact) mass is 412 g/mol. The second kappa shape index (κ2) is 7.37. The normalized spacial score (nSPS) is 11.2. The Labute approximate surface area is 172 Å². The predicted octanol–water partition coefficient (Wildman–Crippen LogP) is 4.58. The first-order chi connectivity index (χ1) is 13.5. The summed E-state index contributed by atoms with van der Waals surface area (Å²) in [4.78, 5) is 8.71. The van der Waals surface area contributed by atoms with Crippen molar-refractivity contribution < 1.29 is 0 Å². The highest BCUT2D eigenvalue weighted by Gasteiger charge is 2.18. The molecule has 0 amide bonds. The molecular weight excluding hydrogens is 395 g/mol. The highest BCUT2D eigenvalue weighted by molar-refractivity contribution is 6.33. The van der Waals surface area contributed by atoms with E-state index in [4.69, 9.17) is 23.2 Å². The van der Waals surface area contributed by atoms with Gasteiger partial charge in [0.05, 0.1) is 38.5 Å². The fourth-order valence-corrected chi connectivity index (χ4v) is 3.65. The van der Waals surface area contributed by atoms with Crippen LogP contribution in [0.25, 0.3) is 17.1 Å². The van der Waals surface area contributed by atoms with Gasteiger partial charge in [-0.1, -0.05) is 53.5 Å². The molecule has 6 nitrogen and oxygen atoms in total. The topological polar surface area (TPSA) is 61.4 Å². The molecule has 0 atom stereocenters. The molecule has 0 fully saturated rings. The maximum atomic E-state index is 6.66. The summed E-state index contributed by atoms with van der Waals surface area (Å²) < 4.78 is 3.52. The molecule has 4 aromatic rings. The van der Waals surface area contributed by atoms with Crippen molar-refractivity contribution in [2.24, 2.45) is 7.05 Å². The molecule has 0 radical (unpaired) electrons. The molecule has 0 saturated heterocycles. The average Bonchev–Trinajstić information content (AvgIpc) is 3.12. The second-order valence-corrected chi connectivity index (χ2v) is 7.30. The number of nitrogens with zero attached hydrogens (tertiary/aromatic N) is 6. The maximum absolute atomic E-state index is 6.66. The molecule has 0 aliphatic carbocycles. The van der Waals surface area contributed by atoms with Gasteiger partial charge in [0, 0.05) is 25.1 Å². The molecule has 28 heavy (non-hydrogen) atoms. The fraction of sp³-hybridized carbons (Fsp3) is 0.200. The van der Waals surface area contributed by atoms with Crippen LogP contribution in [-0.4, -0.2) is 29.5 Å². The Kier molecular flexibility index (Phi) is 4.91. The van der Waals surface area contributed by atoms with Crippen molar-refractivity contribution in [2.45, 2.75) is 20.3 Å². The summed E-state index contributed by atoms with van der Waals surface area (Å²) in [6.45, 7) is 3.78. The Balaban J connectivity index is 1.68. The maximum Gasteiger partial charge on any atom is 0.157 e. The van der Waals surface area contributed by atoms with Crippen molar-refractivity contribution in [1.82, 2.24) is 29.5 Å². The molecule has 4 rings (SSSR count). The van der Waals surface area contributed by atoms with Crippen molar-refractivity contribution in [3.8, 4) is 17.1 Å². The highest BCUT2D eigenvalue weighted by Crippen LogP contribution is 2.31. The van der Waals surface area contributed by atoms with Gasteiger partial charge >= 0.3 is 0 Å². The van der Waals surface area contributed by atoms with E-state index in [1.165, 1.54) is 6.33 Å². The molecule has 0 aliphatic heterocycles. The summed E-state index contributed by atoms with van der Waals surface area (Å²) in [6, 6.07) is 11.8. The molecule has 0 bridgehead atoms. The molecular formula is C20H18Cl2N6. The van der Waals surface area contributed by atoms with Crippen molar-refractivity contribution in [3.63, 3.8) is 0 Å². The number of rotatable bonds is 4. The Morgan fingerprint density at radius 1 is 0.964 bits per heavy atom. The average molecular weight is 413 g/mol. The lowest BCUT2D eigenvalue weighted by atomic mass is 10.1. The SMILES string of the molecule is Cc1nn(-c2cc(Cc3nn(C)c(-c4ccccc4)c3Cl)ncn2)c(C)c1Cl. The minimum absolute atomic E-state index is 0.488. The molecule has 0 aliphatic rings. The van der Waals surface area contributed by atoms with Crippen LogP contribution in [-0.2, 0) is 13.5 Å². The van der Waals surface area contributed by atoms with E-state index in [0.29, 0.717) is 22.3 Å². The Hall–Kier alpha value is -2.70. The van der Waals surface area contributed by atoms with Crippen LogP contribution in [0.2, 0.25) is 10.0 Å². The zero-order valence-corrected chi connectivity index (χ0v) is 17.2. The number of benzene rings is 1. The largest absolute Gasteiger partial charge is 0.266 e. The van der Waals surface area contributed by atoms with Crippen molar-refractivity contribution in [2.75, 3.05) is 0 Å². The molecule has 3 heterocycles. The van der Waals surface area contributed by atoms with Crippen LogP contribution in [0.3, 0.4) is 0 Å². The van der Waals surface area contributed by atoms with E-state index in [2.05, 4.69) is 20.2 Å². The first kappa shape index (κ1) is 18.7. The molecule has 142 valence electrons. The second-order valence-electron chi connectivity index (χ2n) is 6.54. The third-order valence-corrected chi connectivity index (χ3v) is 5.52. The first-order valence-corrected chi connectivity index (χ1v) is 9.51. The Morgan fingerprint density at radius 3 is 2.39 bits per heavy atom. The number of aryl methyl sites for hydroxylation is 2. The quantitative estimate of drug-likeness (QED) is 0.492. The molecule has 8 heteroatoms. The van der Waals surface area contributed by atoms with Gasteiger partial charge in [0.25, 0.3) is 0 Å². The van der Waals surface area contributed by atoms with Gasteiger partial charge in [0.1, 0.15) is 6.33 Å². The lowest BCUT2D eigenvalue weighted by molar-refractivity contribution is 0.751. The van der Waals surface area contributed by atoms with Crippen LogP contribution >= 0.6 is 23.2 Å². The van der Waals surface area contributed by atoms with E-state index in [9.17, 15) is 0 Å². The fourth-order valence-electron chi connectivity index (χ4n) is 3.19. The molecule has 1 aromatic carbocycles. The first-order valence-electron chi connectivity index (χ1n) is 8.75. The predicted molar refractivity (Wildman–Crippen MR) is 110 cm³/mol. The third-order valence-electron chi connectivity index (χ3n) is 4.58. The van der Waals surface area contributed by atoms with Crippen LogP contribution in [0.1, 0.15) is 22.8 Å². The van der Waals surface area contributed by atoms with Gasteiger partial charge in [-0.3, -0.25) is 4.68 Å². The van der Waals surface area contributed by atoms with Crippen LogP contribution in [0, 0.1) is 13.8 Å². The van der Waals surface area contributed by atoms with Crippen molar-refractivity contribution in [3.05, 3.63) is 75.5 Å². The van der Waals surface area contributed by atoms with Crippen LogP contribution in [0.4, 0.5) is 0 Å². The third kappa shape index (κ3) is 3.30. The van der Waals surface area contributed by atoms with Gasteiger partial charge in [0.15, 0.2) is 5.82 Å². The summed E-state index contributed by atoms with van der Waals surface area (Å²) >= 11 is 12.9. The highest BCUT2D eigenvalue weighted by atomic mass is 35.5. The molecule has 0 spiro atoms. The zero-order valence-electron chi connectivity index (χ0n) is 15.7. The number of hydrogen-bond donors (Lipinski definition) is 0. The zero-order chi connectivity index (χ0) is 19.8. The number of hydrogen-bond acceptors (Lipinski definition) is 4. The molecule has 0 N–H and O–H groups in total. The van der Waals surface area contributed by atoms with E-state index in [0.717, 1.165) is 34.0 Å². The van der Waals surface area contributed by atoms with E-state index in [-0.39, 0.29) is 0 Å². The minimum Gasteiger partial charge on any atom is -0.266 e. The standard InChI is InChI=1S/C20H18Cl2N6/c1-12-18(21)13(2)28(25-12)17-10-15(23-11-24-17)9-16-19(22)20(27(3)26-16)14-7-5-4-6-8-14/h4-8,10-11H,9H2,1-3H3. The number of halogens is 2. The van der Waals surface area contributed by atoms with Gasteiger partial charge in [-0.2, -0.15) is 10.2 Å². The molecule has 3 aromatic heterocycles. The van der Waals surface area contributed by atoms with Gasteiger partial charge < -0.3 is 0 Å². The van der Waals surface area contributed by atoms with Crippen molar-refractivity contribution in [1.29, 1.82) is 0 Å². The van der Waals surface area contributed by atoms with Crippen LogP contribution in [0.15, 0.2) is 42.7 Å². The molecule has 0 unspecified atom stereocenters. The Morgan fingerprint density at radius 2 is 1.71 bits per heavy atom. The Bertz CT molecular complexity index is 1150. The van der Waals surface area contributed by atoms with Gasteiger partial charge in [-0.25, -0.2) is 14.6 Å². The van der Waals surface area contributed by atoms with Crippen LogP contribution in [0.5, 0.6) is 0 Å².